The summed E-state index contributed by atoms with van der Waals surface area (Å²) in [6.07, 6.45) is -0.224. The van der Waals surface area contributed by atoms with Gasteiger partial charge in [-0.15, -0.1) is 0 Å². The smallest absolute Gasteiger partial charge is 0.411 e. The van der Waals surface area contributed by atoms with Crippen LogP contribution in [0, 0.1) is 5.41 Å². The van der Waals surface area contributed by atoms with Gasteiger partial charge >= 0.3 is 6.09 Å². The summed E-state index contributed by atoms with van der Waals surface area (Å²) in [5, 5.41) is 23.3. The molecule has 0 radical (unpaired) electrons. The number of hydrogen-bond donors (Lipinski definition) is 5. The molecule has 0 saturated heterocycles. The third kappa shape index (κ3) is 6.43. The molecule has 9 heteroatoms. The van der Waals surface area contributed by atoms with Crippen LogP contribution in [0.25, 0.3) is 11.3 Å². The minimum Gasteiger partial charge on any atom is -0.491 e. The van der Waals surface area contributed by atoms with E-state index in [1.165, 1.54) is 0 Å². The molecule has 0 spiro atoms. The molecule has 0 saturated carbocycles. The lowest BCUT2D eigenvalue weighted by Crippen LogP contribution is -2.26. The first kappa shape index (κ1) is 23.1. The van der Waals surface area contributed by atoms with Gasteiger partial charge in [-0.3, -0.25) is 5.32 Å². The van der Waals surface area contributed by atoms with E-state index in [2.05, 4.69) is 15.6 Å². The first-order valence-electron chi connectivity index (χ1n) is 9.75. The molecule has 1 unspecified atom stereocenters. The zero-order chi connectivity index (χ0) is 22.1. The Balaban J connectivity index is 2.45. The van der Waals surface area contributed by atoms with Crippen LogP contribution in [0.15, 0.2) is 30.3 Å². The minimum atomic E-state index is -0.749. The quantitative estimate of drug-likeness (QED) is 0.375. The number of nitrogens with two attached hydrogens (primary N) is 1. The fraction of sp³-hybridized carbons (Fsp3) is 0.381. The van der Waals surface area contributed by atoms with Gasteiger partial charge in [0.15, 0.2) is 0 Å². The highest BCUT2D eigenvalue weighted by molar-refractivity contribution is 5.99. The molecule has 30 heavy (non-hydrogen) atoms. The zero-order valence-corrected chi connectivity index (χ0v) is 17.4. The van der Waals surface area contributed by atoms with Crippen LogP contribution in [0.1, 0.15) is 26.3 Å². The molecule has 0 fully saturated rings. The standard InChI is InChI=1S/C21H29N5O4/c1-4-29-21(28)26-19-9-18(25-20(17(19)11-23)24-13(2)3)14-6-5-7-16(8-14)30-12-15(27)10-22/h5-9,11,13,15,23,27H,4,10,12,22H2,1-3H3,(H2,24,25,26,28). The van der Waals surface area contributed by atoms with Gasteiger partial charge in [0, 0.05) is 24.4 Å². The minimum absolute atomic E-state index is 0.0642. The number of nitrogens with zero attached hydrogens (tertiary/aromatic N) is 1. The van der Waals surface area contributed by atoms with Gasteiger partial charge in [-0.25, -0.2) is 9.78 Å². The Kier molecular flexibility index (Phi) is 8.57. The molecule has 0 aliphatic carbocycles. The lowest BCUT2D eigenvalue weighted by atomic mass is 10.1. The van der Waals surface area contributed by atoms with E-state index in [1.807, 2.05) is 19.9 Å². The van der Waals surface area contributed by atoms with Crippen LogP contribution in [0.2, 0.25) is 0 Å². The normalized spacial score (nSPS) is 11.7. The Hall–Kier alpha value is -3.17. The van der Waals surface area contributed by atoms with Crippen LogP contribution in [0.5, 0.6) is 5.75 Å². The van der Waals surface area contributed by atoms with E-state index in [0.29, 0.717) is 28.5 Å². The van der Waals surface area contributed by atoms with Gasteiger partial charge in [0.1, 0.15) is 24.3 Å². The summed E-state index contributed by atoms with van der Waals surface area (Å²) >= 11 is 0. The second-order valence-corrected chi connectivity index (χ2v) is 6.83. The van der Waals surface area contributed by atoms with E-state index in [1.54, 1.807) is 31.2 Å². The summed E-state index contributed by atoms with van der Waals surface area (Å²) in [5.74, 6) is 1.02. The monoisotopic (exact) mass is 415 g/mol. The fourth-order valence-electron chi connectivity index (χ4n) is 2.62. The lowest BCUT2D eigenvalue weighted by molar-refractivity contribution is 0.114. The van der Waals surface area contributed by atoms with Crippen molar-refractivity contribution in [3.63, 3.8) is 0 Å². The highest BCUT2D eigenvalue weighted by Crippen LogP contribution is 2.30. The maximum Gasteiger partial charge on any atom is 0.411 e. The fourth-order valence-corrected chi connectivity index (χ4v) is 2.62. The number of anilines is 2. The van der Waals surface area contributed by atoms with E-state index in [0.717, 1.165) is 11.8 Å². The molecule has 162 valence electrons. The Bertz CT molecular complexity index is 872. The number of aliphatic hydroxyl groups excluding tert-OH is 1. The molecule has 0 aliphatic heterocycles. The van der Waals surface area contributed by atoms with E-state index in [-0.39, 0.29) is 25.8 Å². The third-order valence-corrected chi connectivity index (χ3v) is 3.98. The molecule has 1 aromatic carbocycles. The van der Waals surface area contributed by atoms with E-state index in [9.17, 15) is 9.90 Å². The van der Waals surface area contributed by atoms with Crippen molar-refractivity contribution in [1.82, 2.24) is 4.98 Å². The summed E-state index contributed by atoms with van der Waals surface area (Å²) in [6.45, 7) is 6.05. The van der Waals surface area contributed by atoms with Gasteiger partial charge in [-0.1, -0.05) is 12.1 Å². The number of nitrogens with one attached hydrogen (secondary N) is 3. The molecule has 9 nitrogen and oxygen atoms in total. The van der Waals surface area contributed by atoms with Crippen LogP contribution >= 0.6 is 0 Å². The van der Waals surface area contributed by atoms with Crippen molar-refractivity contribution >= 4 is 23.8 Å². The number of amides is 1. The van der Waals surface area contributed by atoms with Crippen molar-refractivity contribution in [1.29, 1.82) is 5.41 Å². The number of benzene rings is 1. The number of ether oxygens (including phenoxy) is 2. The van der Waals surface area contributed by atoms with Crippen LogP contribution < -0.4 is 21.1 Å². The number of rotatable bonds is 10. The van der Waals surface area contributed by atoms with Crippen molar-refractivity contribution in [3.8, 4) is 17.0 Å². The van der Waals surface area contributed by atoms with Crippen LogP contribution in [-0.2, 0) is 4.74 Å². The maximum absolute atomic E-state index is 12.0. The first-order valence-corrected chi connectivity index (χ1v) is 9.75. The predicted molar refractivity (Wildman–Crippen MR) is 118 cm³/mol. The molecule has 1 atom stereocenters. The molecule has 1 aromatic heterocycles. The first-order chi connectivity index (χ1) is 14.4. The summed E-state index contributed by atoms with van der Waals surface area (Å²) in [5.41, 5.74) is 7.57. The molecule has 2 aromatic rings. The van der Waals surface area contributed by atoms with E-state index < -0.39 is 12.2 Å². The van der Waals surface area contributed by atoms with E-state index >= 15 is 0 Å². The summed E-state index contributed by atoms with van der Waals surface area (Å²) in [7, 11) is 0. The second kappa shape index (κ2) is 11.1. The van der Waals surface area contributed by atoms with Gasteiger partial charge < -0.3 is 31.0 Å². The average molecular weight is 415 g/mol. The highest BCUT2D eigenvalue weighted by atomic mass is 16.5. The van der Waals surface area contributed by atoms with Crippen molar-refractivity contribution in [2.24, 2.45) is 5.73 Å². The van der Waals surface area contributed by atoms with Crippen molar-refractivity contribution < 1.29 is 19.4 Å². The molecule has 0 bridgehead atoms. The molecule has 1 amide bonds. The Morgan fingerprint density at radius 3 is 2.77 bits per heavy atom. The van der Waals surface area contributed by atoms with Gasteiger partial charge in [0.05, 0.1) is 23.6 Å². The Morgan fingerprint density at radius 1 is 1.37 bits per heavy atom. The number of carbonyl (C=O) groups excluding carboxylic acids is 1. The Morgan fingerprint density at radius 2 is 2.13 bits per heavy atom. The molecule has 2 rings (SSSR count). The van der Waals surface area contributed by atoms with Crippen molar-refractivity contribution in [2.45, 2.75) is 32.9 Å². The molecular weight excluding hydrogens is 386 g/mol. The number of aliphatic hydroxyl groups is 1. The van der Waals surface area contributed by atoms with Gasteiger partial charge in [-0.2, -0.15) is 0 Å². The molecule has 6 N–H and O–H groups in total. The predicted octanol–water partition coefficient (Wildman–Crippen LogP) is 2.83. The lowest BCUT2D eigenvalue weighted by Gasteiger charge is -2.17. The summed E-state index contributed by atoms with van der Waals surface area (Å²) in [6, 6.07) is 8.95. The van der Waals surface area contributed by atoms with Gasteiger partial charge in [-0.05, 0) is 39.0 Å². The van der Waals surface area contributed by atoms with Crippen LogP contribution in [-0.4, -0.2) is 54.3 Å². The summed E-state index contributed by atoms with van der Waals surface area (Å²) < 4.78 is 10.6. The third-order valence-electron chi connectivity index (χ3n) is 3.98. The number of hydrogen-bond acceptors (Lipinski definition) is 8. The second-order valence-electron chi connectivity index (χ2n) is 6.83. The van der Waals surface area contributed by atoms with Crippen LogP contribution in [0.4, 0.5) is 16.3 Å². The molecule has 0 aliphatic rings. The maximum atomic E-state index is 12.0. The van der Waals surface area contributed by atoms with Gasteiger partial charge in [0.2, 0.25) is 0 Å². The SMILES string of the molecule is CCOC(=O)Nc1cc(-c2cccc(OCC(O)CN)c2)nc(NC(C)C)c1C=N. The van der Waals surface area contributed by atoms with E-state index in [4.69, 9.17) is 20.6 Å². The number of aromatic nitrogens is 1. The molecular formula is C21H29N5O4. The van der Waals surface area contributed by atoms with Crippen molar-refractivity contribution in [3.05, 3.63) is 35.9 Å². The zero-order valence-electron chi connectivity index (χ0n) is 17.4. The largest absolute Gasteiger partial charge is 0.491 e. The summed E-state index contributed by atoms with van der Waals surface area (Å²) in [4.78, 5) is 16.6. The number of pyridine rings is 1. The number of carbonyl (C=O) groups is 1. The Labute approximate surface area is 176 Å². The van der Waals surface area contributed by atoms with Crippen molar-refractivity contribution in [2.75, 3.05) is 30.4 Å². The van der Waals surface area contributed by atoms with Crippen LogP contribution in [0.3, 0.4) is 0 Å². The average Bonchev–Trinajstić information content (AvgIpc) is 2.71. The molecule has 1 heterocycles. The topological polar surface area (TPSA) is 143 Å². The van der Waals surface area contributed by atoms with Gasteiger partial charge in [0.25, 0.3) is 0 Å². The highest BCUT2D eigenvalue weighted by Gasteiger charge is 2.16.